The van der Waals surface area contributed by atoms with E-state index in [1.54, 1.807) is 0 Å². The van der Waals surface area contributed by atoms with Gasteiger partial charge in [0, 0.05) is 0 Å². The first-order valence-electron chi connectivity index (χ1n) is 6.52. The van der Waals surface area contributed by atoms with Crippen molar-refractivity contribution in [1.29, 1.82) is 0 Å². The Hall–Kier alpha value is -1.82. The van der Waals surface area contributed by atoms with E-state index >= 15 is 0 Å². The van der Waals surface area contributed by atoms with Gasteiger partial charge in [-0.25, -0.2) is 0 Å². The Balaban J connectivity index is 2.25. The van der Waals surface area contributed by atoms with E-state index in [-0.39, 0.29) is 0 Å². The Bertz CT molecular complexity index is 625. The molecule has 0 aliphatic heterocycles. The smallest absolute Gasteiger partial charge is 0.00878 e. The molecule has 0 saturated carbocycles. The fourth-order valence-electron chi connectivity index (χ4n) is 2.91. The molecule has 0 heterocycles. The fraction of sp³-hybridized carbons (Fsp3) is 0.222. The van der Waals surface area contributed by atoms with Gasteiger partial charge >= 0.3 is 0 Å². The van der Waals surface area contributed by atoms with Crippen molar-refractivity contribution in [2.75, 3.05) is 0 Å². The van der Waals surface area contributed by atoms with Gasteiger partial charge in [0.1, 0.15) is 0 Å². The molecule has 1 aliphatic rings. The molecule has 2 aromatic carbocycles. The highest BCUT2D eigenvalue weighted by molar-refractivity contribution is 5.80. The van der Waals surface area contributed by atoms with Crippen LogP contribution in [-0.4, -0.2) is 0 Å². The summed E-state index contributed by atoms with van der Waals surface area (Å²) in [5.41, 5.74) is 9.62. The van der Waals surface area contributed by atoms with Crippen LogP contribution in [0.1, 0.15) is 27.8 Å². The van der Waals surface area contributed by atoms with Gasteiger partial charge in [0.15, 0.2) is 0 Å². The van der Waals surface area contributed by atoms with Gasteiger partial charge in [0.05, 0.1) is 0 Å². The molecule has 0 N–H and O–H groups in total. The van der Waals surface area contributed by atoms with E-state index in [2.05, 4.69) is 63.3 Å². The fourth-order valence-corrected chi connectivity index (χ4v) is 2.91. The summed E-state index contributed by atoms with van der Waals surface area (Å²) in [6.45, 7) is 6.52. The van der Waals surface area contributed by atoms with Crippen LogP contribution < -0.4 is 0 Å². The highest BCUT2D eigenvalue weighted by Gasteiger charge is 2.12. The van der Waals surface area contributed by atoms with E-state index in [9.17, 15) is 0 Å². The molecule has 0 amide bonds. The van der Waals surface area contributed by atoms with Crippen molar-refractivity contribution >= 4 is 6.08 Å². The maximum atomic E-state index is 2.31. The minimum absolute atomic E-state index is 1.08. The molecule has 0 unspecified atom stereocenters. The van der Waals surface area contributed by atoms with E-state index < -0.39 is 0 Å². The van der Waals surface area contributed by atoms with Crippen molar-refractivity contribution in [1.82, 2.24) is 0 Å². The van der Waals surface area contributed by atoms with Gasteiger partial charge in [-0.1, -0.05) is 59.2 Å². The Morgan fingerprint density at radius 1 is 0.778 bits per heavy atom. The van der Waals surface area contributed by atoms with Crippen molar-refractivity contribution in [3.63, 3.8) is 0 Å². The summed E-state index contributed by atoms with van der Waals surface area (Å²) in [6.07, 6.45) is 5.60. The predicted molar refractivity (Wildman–Crippen MR) is 78.8 cm³/mol. The number of allylic oxidation sites excluding steroid dienone is 1. The SMILES string of the molecule is Cc1cc(C)cc(-c2cc(C)cc3c2C=CC3)c1. The molecular formula is C18H18. The van der Waals surface area contributed by atoms with Gasteiger partial charge in [-0.15, -0.1) is 0 Å². The lowest BCUT2D eigenvalue weighted by Crippen LogP contribution is -1.91. The Kier molecular flexibility index (Phi) is 2.59. The van der Waals surface area contributed by atoms with Crippen LogP contribution in [0.3, 0.4) is 0 Å². The molecule has 0 aromatic heterocycles. The highest BCUT2D eigenvalue weighted by Crippen LogP contribution is 2.33. The third kappa shape index (κ3) is 1.88. The molecule has 90 valence electrons. The van der Waals surface area contributed by atoms with Crippen LogP contribution in [0.25, 0.3) is 17.2 Å². The van der Waals surface area contributed by atoms with Gasteiger partial charge < -0.3 is 0 Å². The van der Waals surface area contributed by atoms with Crippen LogP contribution in [0.2, 0.25) is 0 Å². The Labute approximate surface area is 109 Å². The predicted octanol–water partition coefficient (Wildman–Crippen LogP) is 4.85. The lowest BCUT2D eigenvalue weighted by atomic mass is 9.93. The molecule has 2 aromatic rings. The second kappa shape index (κ2) is 4.13. The van der Waals surface area contributed by atoms with E-state index in [0.29, 0.717) is 0 Å². The molecule has 0 saturated heterocycles. The zero-order valence-corrected chi connectivity index (χ0v) is 11.2. The Morgan fingerprint density at radius 3 is 2.17 bits per heavy atom. The topological polar surface area (TPSA) is 0 Å². The van der Waals surface area contributed by atoms with Crippen LogP contribution in [0.15, 0.2) is 36.4 Å². The second-order valence-electron chi connectivity index (χ2n) is 5.37. The summed E-state index contributed by atoms with van der Waals surface area (Å²) in [5.74, 6) is 0. The number of benzene rings is 2. The number of hydrogen-bond acceptors (Lipinski definition) is 0. The van der Waals surface area contributed by atoms with Crippen LogP contribution in [-0.2, 0) is 6.42 Å². The summed E-state index contributed by atoms with van der Waals surface area (Å²) in [7, 11) is 0. The summed E-state index contributed by atoms with van der Waals surface area (Å²) in [6, 6.07) is 11.4. The average Bonchev–Trinajstić information content (AvgIpc) is 2.74. The molecule has 0 nitrogen and oxygen atoms in total. The first-order valence-corrected chi connectivity index (χ1v) is 6.52. The molecule has 0 bridgehead atoms. The van der Waals surface area contributed by atoms with Crippen molar-refractivity contribution in [2.24, 2.45) is 0 Å². The van der Waals surface area contributed by atoms with Gasteiger partial charge in [-0.2, -0.15) is 0 Å². The summed E-state index contributed by atoms with van der Waals surface area (Å²) < 4.78 is 0. The van der Waals surface area contributed by atoms with Crippen molar-refractivity contribution in [3.05, 3.63) is 64.2 Å². The molecule has 18 heavy (non-hydrogen) atoms. The van der Waals surface area contributed by atoms with E-state index in [1.165, 1.54) is 38.9 Å². The molecule has 0 radical (unpaired) electrons. The Morgan fingerprint density at radius 2 is 1.44 bits per heavy atom. The monoisotopic (exact) mass is 234 g/mol. The lowest BCUT2D eigenvalue weighted by molar-refractivity contribution is 1.28. The molecule has 0 atom stereocenters. The van der Waals surface area contributed by atoms with Crippen LogP contribution >= 0.6 is 0 Å². The lowest BCUT2D eigenvalue weighted by Gasteiger charge is -2.12. The largest absolute Gasteiger partial charge is 0.0795 e. The first-order chi connectivity index (χ1) is 8.63. The first kappa shape index (κ1) is 11.3. The van der Waals surface area contributed by atoms with Gasteiger partial charge in [0.2, 0.25) is 0 Å². The van der Waals surface area contributed by atoms with Crippen LogP contribution in [0, 0.1) is 20.8 Å². The third-order valence-corrected chi connectivity index (χ3v) is 3.57. The number of rotatable bonds is 1. The molecular weight excluding hydrogens is 216 g/mol. The second-order valence-corrected chi connectivity index (χ2v) is 5.37. The van der Waals surface area contributed by atoms with E-state index in [1.807, 2.05) is 0 Å². The number of fused-ring (bicyclic) bond motifs is 1. The third-order valence-electron chi connectivity index (χ3n) is 3.57. The molecule has 0 spiro atoms. The number of hydrogen-bond donors (Lipinski definition) is 0. The maximum absolute atomic E-state index is 2.31. The summed E-state index contributed by atoms with van der Waals surface area (Å²) in [4.78, 5) is 0. The van der Waals surface area contributed by atoms with Crippen LogP contribution in [0.5, 0.6) is 0 Å². The maximum Gasteiger partial charge on any atom is -0.00878 e. The zero-order chi connectivity index (χ0) is 12.7. The van der Waals surface area contributed by atoms with E-state index in [0.717, 1.165) is 6.42 Å². The van der Waals surface area contributed by atoms with Gasteiger partial charge in [-0.3, -0.25) is 0 Å². The van der Waals surface area contributed by atoms with Gasteiger partial charge in [0.25, 0.3) is 0 Å². The quantitative estimate of drug-likeness (QED) is 0.661. The highest BCUT2D eigenvalue weighted by atomic mass is 14.2. The normalized spacial score (nSPS) is 12.8. The standard InChI is InChI=1S/C18H18/c1-12-7-13(2)10-16(9-12)18-11-14(3)8-15-5-4-6-17(15)18/h4,6-11H,5H2,1-3H3. The molecule has 1 aliphatic carbocycles. The van der Waals surface area contributed by atoms with Crippen molar-refractivity contribution in [3.8, 4) is 11.1 Å². The molecule has 0 fully saturated rings. The van der Waals surface area contributed by atoms with Crippen molar-refractivity contribution < 1.29 is 0 Å². The minimum Gasteiger partial charge on any atom is -0.0795 e. The van der Waals surface area contributed by atoms with E-state index in [4.69, 9.17) is 0 Å². The number of aryl methyl sites for hydroxylation is 3. The molecule has 0 heteroatoms. The average molecular weight is 234 g/mol. The summed E-state index contributed by atoms with van der Waals surface area (Å²) in [5, 5.41) is 0. The minimum atomic E-state index is 1.08. The summed E-state index contributed by atoms with van der Waals surface area (Å²) >= 11 is 0. The van der Waals surface area contributed by atoms with Crippen molar-refractivity contribution in [2.45, 2.75) is 27.2 Å². The van der Waals surface area contributed by atoms with Crippen LogP contribution in [0.4, 0.5) is 0 Å². The zero-order valence-electron chi connectivity index (χ0n) is 11.2. The van der Waals surface area contributed by atoms with Gasteiger partial charge in [-0.05, 0) is 49.4 Å². The molecule has 3 rings (SSSR count).